The van der Waals surface area contributed by atoms with E-state index in [2.05, 4.69) is 10.3 Å². The highest BCUT2D eigenvalue weighted by atomic mass is 16.6. The molecule has 0 aliphatic carbocycles. The van der Waals surface area contributed by atoms with Gasteiger partial charge in [0.05, 0.1) is 43.9 Å². The van der Waals surface area contributed by atoms with Gasteiger partial charge in [0, 0.05) is 24.4 Å². The minimum absolute atomic E-state index is 0.0357. The molecule has 27 heavy (non-hydrogen) atoms. The van der Waals surface area contributed by atoms with Gasteiger partial charge in [-0.2, -0.15) is 0 Å². The van der Waals surface area contributed by atoms with Gasteiger partial charge in [-0.25, -0.2) is 4.98 Å². The summed E-state index contributed by atoms with van der Waals surface area (Å²) in [7, 11) is 4.69. The van der Waals surface area contributed by atoms with E-state index in [-0.39, 0.29) is 10.3 Å². The zero-order chi connectivity index (χ0) is 19.6. The van der Waals surface area contributed by atoms with Crippen molar-refractivity contribution in [1.29, 1.82) is 0 Å². The summed E-state index contributed by atoms with van der Waals surface area (Å²) in [5, 5.41) is 27.9. The topological polar surface area (TPSA) is 100 Å². The first-order chi connectivity index (χ1) is 12.8. The van der Waals surface area contributed by atoms with Crippen molar-refractivity contribution in [3.63, 3.8) is 0 Å². The Hall–Kier alpha value is -2.97. The standard InChI is InChI=1S/C19H22N4O4/c1-23(2,26)12-6-11-20-18-13-7-4-5-8-14(13)21-19-16(27-3)10-9-15(17(18)19)22(24)25/h4-5,7-10H,6,11-12H2,1-3H3,(H,20,21). The van der Waals surface area contributed by atoms with Crippen LogP contribution in [-0.2, 0) is 0 Å². The largest absolute Gasteiger partial charge is 0.633 e. The molecule has 0 spiro atoms. The lowest BCUT2D eigenvalue weighted by atomic mass is 10.1. The number of hydrogen-bond acceptors (Lipinski definition) is 6. The van der Waals surface area contributed by atoms with E-state index < -0.39 is 4.92 Å². The maximum Gasteiger partial charge on any atom is 0.281 e. The van der Waals surface area contributed by atoms with Gasteiger partial charge in [0.2, 0.25) is 0 Å². The van der Waals surface area contributed by atoms with E-state index in [0.717, 1.165) is 5.39 Å². The molecule has 3 rings (SSSR count). The first-order valence-electron chi connectivity index (χ1n) is 8.63. The minimum Gasteiger partial charge on any atom is -0.633 e. The number of hydroxylamine groups is 3. The molecule has 0 radical (unpaired) electrons. The molecule has 0 aliphatic rings. The highest BCUT2D eigenvalue weighted by molar-refractivity contribution is 6.12. The number of non-ortho nitro benzene ring substituents is 1. The van der Waals surface area contributed by atoms with Crippen molar-refractivity contribution in [1.82, 2.24) is 4.98 Å². The van der Waals surface area contributed by atoms with E-state index in [1.807, 2.05) is 24.3 Å². The number of quaternary nitrogens is 1. The van der Waals surface area contributed by atoms with Crippen molar-refractivity contribution in [2.75, 3.05) is 39.6 Å². The number of nitro groups is 1. The molecule has 2 aromatic carbocycles. The number of aromatic nitrogens is 1. The summed E-state index contributed by atoms with van der Waals surface area (Å²) in [6, 6.07) is 10.5. The highest BCUT2D eigenvalue weighted by Crippen LogP contribution is 2.40. The van der Waals surface area contributed by atoms with Crippen LogP contribution in [0.15, 0.2) is 36.4 Å². The van der Waals surface area contributed by atoms with Gasteiger partial charge in [-0.1, -0.05) is 18.2 Å². The normalized spacial score (nSPS) is 11.7. The van der Waals surface area contributed by atoms with Crippen molar-refractivity contribution in [3.05, 3.63) is 51.7 Å². The van der Waals surface area contributed by atoms with Gasteiger partial charge in [0.15, 0.2) is 0 Å². The van der Waals surface area contributed by atoms with Crippen LogP contribution in [0.1, 0.15) is 6.42 Å². The number of anilines is 1. The van der Waals surface area contributed by atoms with Gasteiger partial charge in [-0.3, -0.25) is 10.1 Å². The first-order valence-corrected chi connectivity index (χ1v) is 8.63. The number of pyridine rings is 1. The van der Waals surface area contributed by atoms with Crippen molar-refractivity contribution in [3.8, 4) is 5.75 Å². The Balaban J connectivity index is 2.18. The maximum atomic E-state index is 11.8. The molecule has 0 fully saturated rings. The van der Waals surface area contributed by atoms with Crippen LogP contribution < -0.4 is 10.1 Å². The molecule has 0 saturated heterocycles. The summed E-state index contributed by atoms with van der Waals surface area (Å²) in [5.41, 5.74) is 1.75. The van der Waals surface area contributed by atoms with Crippen LogP contribution in [0.4, 0.5) is 11.4 Å². The number of fused-ring (bicyclic) bond motifs is 2. The Morgan fingerprint density at radius 2 is 1.96 bits per heavy atom. The molecule has 0 amide bonds. The van der Waals surface area contributed by atoms with E-state index in [1.54, 1.807) is 20.2 Å². The number of methoxy groups -OCH3 is 1. The Morgan fingerprint density at radius 1 is 1.22 bits per heavy atom. The van der Waals surface area contributed by atoms with Crippen molar-refractivity contribution in [2.45, 2.75) is 6.42 Å². The molecule has 0 aliphatic heterocycles. The van der Waals surface area contributed by atoms with Crippen LogP contribution in [0.2, 0.25) is 0 Å². The number of rotatable bonds is 7. The Kier molecular flexibility index (Phi) is 5.11. The van der Waals surface area contributed by atoms with Gasteiger partial charge >= 0.3 is 0 Å². The lowest BCUT2D eigenvalue weighted by Gasteiger charge is -2.33. The fourth-order valence-corrected chi connectivity index (χ4v) is 3.13. The summed E-state index contributed by atoms with van der Waals surface area (Å²) in [6.07, 6.45) is 0.631. The second-order valence-electron chi connectivity index (χ2n) is 6.85. The molecule has 1 heterocycles. The molecule has 0 saturated carbocycles. The number of nitrogens with one attached hydrogen (secondary N) is 1. The maximum absolute atomic E-state index is 11.8. The fourth-order valence-electron chi connectivity index (χ4n) is 3.13. The molecule has 8 heteroatoms. The van der Waals surface area contributed by atoms with E-state index >= 15 is 0 Å². The quantitative estimate of drug-likeness (QED) is 0.224. The lowest BCUT2D eigenvalue weighted by molar-refractivity contribution is -0.839. The Morgan fingerprint density at radius 3 is 2.63 bits per heavy atom. The predicted octanol–water partition coefficient (Wildman–Crippen LogP) is 3.68. The summed E-state index contributed by atoms with van der Waals surface area (Å²) >= 11 is 0. The number of benzene rings is 2. The number of nitrogens with zero attached hydrogens (tertiary/aromatic N) is 3. The number of ether oxygens (including phenoxy) is 1. The molecular formula is C19H22N4O4. The third kappa shape index (κ3) is 3.91. The van der Waals surface area contributed by atoms with Gasteiger partial charge in [-0.05, 0) is 12.1 Å². The number of para-hydroxylation sites is 1. The molecular weight excluding hydrogens is 348 g/mol. The van der Waals surface area contributed by atoms with Gasteiger partial charge < -0.3 is 19.9 Å². The van der Waals surface area contributed by atoms with Crippen LogP contribution in [0.25, 0.3) is 21.8 Å². The minimum atomic E-state index is -0.416. The number of hydrogen-bond donors (Lipinski definition) is 1. The first kappa shape index (κ1) is 18.8. The molecule has 1 N–H and O–H groups in total. The summed E-state index contributed by atoms with van der Waals surface area (Å²) < 4.78 is 5.00. The zero-order valence-corrected chi connectivity index (χ0v) is 15.6. The Bertz CT molecular complexity index is 998. The molecule has 0 atom stereocenters. The van der Waals surface area contributed by atoms with Crippen molar-refractivity contribution in [2.24, 2.45) is 0 Å². The third-order valence-corrected chi connectivity index (χ3v) is 4.37. The average Bonchev–Trinajstić information content (AvgIpc) is 2.62. The second kappa shape index (κ2) is 7.34. The fraction of sp³-hybridized carbons (Fsp3) is 0.316. The Labute approximate surface area is 156 Å². The van der Waals surface area contributed by atoms with Gasteiger partial charge in [-0.15, -0.1) is 0 Å². The molecule has 0 unspecified atom stereocenters. The number of nitro benzene ring substituents is 1. The van der Waals surface area contributed by atoms with E-state index in [4.69, 9.17) is 4.74 Å². The highest BCUT2D eigenvalue weighted by Gasteiger charge is 2.22. The van der Waals surface area contributed by atoms with E-state index in [9.17, 15) is 15.3 Å². The van der Waals surface area contributed by atoms with Crippen LogP contribution >= 0.6 is 0 Å². The van der Waals surface area contributed by atoms with E-state index in [1.165, 1.54) is 13.2 Å². The monoisotopic (exact) mass is 370 g/mol. The van der Waals surface area contributed by atoms with Gasteiger partial charge in [0.1, 0.15) is 16.7 Å². The summed E-state index contributed by atoms with van der Waals surface area (Å²) in [5.74, 6) is 0.474. The average molecular weight is 370 g/mol. The van der Waals surface area contributed by atoms with Crippen LogP contribution in [0.3, 0.4) is 0 Å². The van der Waals surface area contributed by atoms with E-state index in [0.29, 0.717) is 47.4 Å². The third-order valence-electron chi connectivity index (χ3n) is 4.37. The van der Waals surface area contributed by atoms with Crippen LogP contribution in [0, 0.1) is 15.3 Å². The molecule has 142 valence electrons. The van der Waals surface area contributed by atoms with Crippen molar-refractivity contribution >= 4 is 33.2 Å². The van der Waals surface area contributed by atoms with Gasteiger partial charge in [0.25, 0.3) is 5.69 Å². The molecule has 8 nitrogen and oxygen atoms in total. The smallest absolute Gasteiger partial charge is 0.281 e. The van der Waals surface area contributed by atoms with Crippen molar-refractivity contribution < 1.29 is 14.3 Å². The molecule has 1 aromatic heterocycles. The molecule has 0 bridgehead atoms. The van der Waals surface area contributed by atoms with Crippen LogP contribution in [-0.4, -0.2) is 48.8 Å². The summed E-state index contributed by atoms with van der Waals surface area (Å²) in [4.78, 5) is 15.8. The zero-order valence-electron chi connectivity index (χ0n) is 15.6. The molecule has 3 aromatic rings. The predicted molar refractivity (Wildman–Crippen MR) is 106 cm³/mol. The second-order valence-corrected chi connectivity index (χ2v) is 6.85. The van der Waals surface area contributed by atoms with Crippen LogP contribution in [0.5, 0.6) is 5.75 Å². The lowest BCUT2D eigenvalue weighted by Crippen LogP contribution is -2.34. The summed E-state index contributed by atoms with van der Waals surface area (Å²) in [6.45, 7) is 0.959. The SMILES string of the molecule is COc1ccc([N+](=O)[O-])c2c(NCCC[N+](C)(C)[O-])c3ccccc3nc12.